The molecule has 0 bridgehead atoms. The normalized spacial score (nSPS) is 11.1. The minimum Gasteiger partial charge on any atom is -0.295 e. The monoisotopic (exact) mass is 236 g/mol. The SMILES string of the molecule is CC(=O)/C=C/c1c(F)c(F)c(F)c(F)c1F. The van der Waals surface area contributed by atoms with Crippen molar-refractivity contribution in [2.45, 2.75) is 6.92 Å². The lowest BCUT2D eigenvalue weighted by molar-refractivity contribution is -0.112. The van der Waals surface area contributed by atoms with E-state index in [1.165, 1.54) is 0 Å². The number of ketones is 1. The van der Waals surface area contributed by atoms with Crippen molar-refractivity contribution in [3.8, 4) is 0 Å². The first-order valence-electron chi connectivity index (χ1n) is 4.06. The number of benzene rings is 1. The van der Waals surface area contributed by atoms with Gasteiger partial charge in [0.25, 0.3) is 0 Å². The van der Waals surface area contributed by atoms with E-state index in [0.29, 0.717) is 12.2 Å². The average molecular weight is 236 g/mol. The number of hydrogen-bond acceptors (Lipinski definition) is 1. The van der Waals surface area contributed by atoms with Crippen LogP contribution in [0.5, 0.6) is 0 Å². The lowest BCUT2D eigenvalue weighted by atomic mass is 10.1. The molecule has 0 aliphatic carbocycles. The Morgan fingerprint density at radius 2 is 1.25 bits per heavy atom. The zero-order chi connectivity index (χ0) is 12.5. The summed E-state index contributed by atoms with van der Waals surface area (Å²) < 4.78 is 63.8. The average Bonchev–Trinajstić information content (AvgIpc) is 2.23. The second kappa shape index (κ2) is 4.42. The number of hydrogen-bond donors (Lipinski definition) is 0. The number of halogens is 5. The minimum atomic E-state index is -2.23. The van der Waals surface area contributed by atoms with Crippen LogP contribution in [0.15, 0.2) is 6.08 Å². The van der Waals surface area contributed by atoms with Crippen molar-refractivity contribution in [2.24, 2.45) is 0 Å². The largest absolute Gasteiger partial charge is 0.295 e. The Morgan fingerprint density at radius 3 is 1.62 bits per heavy atom. The molecule has 1 aromatic rings. The highest BCUT2D eigenvalue weighted by molar-refractivity contribution is 5.91. The van der Waals surface area contributed by atoms with Gasteiger partial charge in [0.05, 0.1) is 5.56 Å². The molecule has 0 spiro atoms. The van der Waals surface area contributed by atoms with E-state index >= 15 is 0 Å². The van der Waals surface area contributed by atoms with Crippen LogP contribution in [-0.4, -0.2) is 5.78 Å². The third-order valence-electron chi connectivity index (χ3n) is 1.73. The molecule has 0 saturated heterocycles. The molecule has 86 valence electrons. The van der Waals surface area contributed by atoms with Gasteiger partial charge in [-0.2, -0.15) is 0 Å². The van der Waals surface area contributed by atoms with Crippen LogP contribution in [-0.2, 0) is 4.79 Å². The maximum Gasteiger partial charge on any atom is 0.200 e. The van der Waals surface area contributed by atoms with Gasteiger partial charge in [-0.15, -0.1) is 0 Å². The molecule has 0 radical (unpaired) electrons. The molecule has 1 rings (SSSR count). The highest BCUT2D eigenvalue weighted by Crippen LogP contribution is 2.23. The summed E-state index contributed by atoms with van der Waals surface area (Å²) in [5, 5.41) is 0. The first-order chi connectivity index (χ1) is 7.36. The van der Waals surface area contributed by atoms with Crippen molar-refractivity contribution >= 4 is 11.9 Å². The van der Waals surface area contributed by atoms with E-state index in [4.69, 9.17) is 0 Å². The van der Waals surface area contributed by atoms with E-state index in [9.17, 15) is 26.7 Å². The summed E-state index contributed by atoms with van der Waals surface area (Å²) in [6, 6.07) is 0. The van der Waals surface area contributed by atoms with Crippen LogP contribution >= 0.6 is 0 Å². The zero-order valence-corrected chi connectivity index (χ0v) is 7.95. The van der Waals surface area contributed by atoms with Gasteiger partial charge < -0.3 is 0 Å². The van der Waals surface area contributed by atoms with Gasteiger partial charge in [0, 0.05) is 0 Å². The van der Waals surface area contributed by atoms with Gasteiger partial charge in [-0.05, 0) is 19.1 Å². The van der Waals surface area contributed by atoms with E-state index in [-0.39, 0.29) is 0 Å². The molecule has 0 fully saturated rings. The second-order valence-electron chi connectivity index (χ2n) is 2.93. The molecule has 0 heterocycles. The van der Waals surface area contributed by atoms with Crippen molar-refractivity contribution in [1.29, 1.82) is 0 Å². The van der Waals surface area contributed by atoms with Gasteiger partial charge in [0.15, 0.2) is 29.1 Å². The Morgan fingerprint density at radius 1 is 0.875 bits per heavy atom. The van der Waals surface area contributed by atoms with Crippen molar-refractivity contribution in [3.05, 3.63) is 40.7 Å². The Bertz CT molecular complexity index is 450. The first-order valence-corrected chi connectivity index (χ1v) is 4.06. The van der Waals surface area contributed by atoms with E-state index in [1.807, 2.05) is 0 Å². The molecule has 1 aromatic carbocycles. The smallest absolute Gasteiger partial charge is 0.200 e. The van der Waals surface area contributed by atoms with Crippen LogP contribution in [0.3, 0.4) is 0 Å². The molecule has 0 atom stereocenters. The van der Waals surface area contributed by atoms with Crippen molar-refractivity contribution in [3.63, 3.8) is 0 Å². The standard InChI is InChI=1S/C10H5F5O/c1-4(16)2-3-5-6(11)8(13)10(15)9(14)7(5)12/h2-3H,1H3/b3-2+. The quantitative estimate of drug-likeness (QED) is 0.334. The lowest BCUT2D eigenvalue weighted by Crippen LogP contribution is -2.04. The topological polar surface area (TPSA) is 17.1 Å². The summed E-state index contributed by atoms with van der Waals surface area (Å²) in [5.41, 5.74) is -1.13. The molecule has 0 aliphatic rings. The van der Waals surface area contributed by atoms with Crippen LogP contribution in [0.25, 0.3) is 6.08 Å². The van der Waals surface area contributed by atoms with Crippen molar-refractivity contribution < 1.29 is 26.7 Å². The Balaban J connectivity index is 3.45. The van der Waals surface area contributed by atoms with Gasteiger partial charge in [0.2, 0.25) is 5.82 Å². The summed E-state index contributed by atoms with van der Waals surface area (Å²) in [5.74, 6) is -10.8. The molecule has 1 nitrogen and oxygen atoms in total. The van der Waals surface area contributed by atoms with Gasteiger partial charge in [-0.1, -0.05) is 0 Å². The molecule has 0 amide bonds. The molecule has 0 aromatic heterocycles. The number of carbonyl (C=O) groups excluding carboxylic acids is 1. The van der Waals surface area contributed by atoms with E-state index < -0.39 is 40.4 Å². The molecule has 16 heavy (non-hydrogen) atoms. The van der Waals surface area contributed by atoms with Gasteiger partial charge in [0.1, 0.15) is 0 Å². The molecule has 0 saturated carbocycles. The molecule has 0 unspecified atom stereocenters. The van der Waals surface area contributed by atoms with Crippen LogP contribution in [0, 0.1) is 29.1 Å². The fraction of sp³-hybridized carbons (Fsp3) is 0.100. The Labute approximate surface area is 87.2 Å². The Hall–Kier alpha value is -1.72. The summed E-state index contributed by atoms with van der Waals surface area (Å²) in [4.78, 5) is 10.5. The predicted molar refractivity (Wildman–Crippen MR) is 45.9 cm³/mol. The first kappa shape index (κ1) is 12.4. The third kappa shape index (κ3) is 2.10. The summed E-state index contributed by atoms with van der Waals surface area (Å²) in [7, 11) is 0. The molecule has 0 aliphatic heterocycles. The molecular formula is C10H5F5O. The fourth-order valence-electron chi connectivity index (χ4n) is 0.969. The fourth-order valence-corrected chi connectivity index (χ4v) is 0.969. The Kier molecular flexibility index (Phi) is 3.41. The van der Waals surface area contributed by atoms with Crippen LogP contribution in [0.1, 0.15) is 12.5 Å². The highest BCUT2D eigenvalue weighted by Gasteiger charge is 2.24. The van der Waals surface area contributed by atoms with Crippen LogP contribution in [0.2, 0.25) is 0 Å². The summed E-state index contributed by atoms with van der Waals surface area (Å²) >= 11 is 0. The third-order valence-corrected chi connectivity index (χ3v) is 1.73. The predicted octanol–water partition coefficient (Wildman–Crippen LogP) is 2.98. The number of carbonyl (C=O) groups is 1. The number of allylic oxidation sites excluding steroid dienone is 1. The van der Waals surface area contributed by atoms with Crippen molar-refractivity contribution in [1.82, 2.24) is 0 Å². The van der Waals surface area contributed by atoms with E-state index in [1.54, 1.807) is 0 Å². The molecule has 0 N–H and O–H groups in total. The van der Waals surface area contributed by atoms with Gasteiger partial charge in [-0.3, -0.25) is 4.79 Å². The maximum atomic E-state index is 13.0. The summed E-state index contributed by atoms with van der Waals surface area (Å²) in [6.07, 6.45) is 1.25. The number of rotatable bonds is 2. The van der Waals surface area contributed by atoms with Gasteiger partial charge >= 0.3 is 0 Å². The van der Waals surface area contributed by atoms with E-state index in [0.717, 1.165) is 6.92 Å². The summed E-state index contributed by atoms with van der Waals surface area (Å²) in [6.45, 7) is 1.07. The zero-order valence-electron chi connectivity index (χ0n) is 7.95. The second-order valence-corrected chi connectivity index (χ2v) is 2.93. The highest BCUT2D eigenvalue weighted by atomic mass is 19.2. The minimum absolute atomic E-state index is 0.540. The molecule has 6 heteroatoms. The molecular weight excluding hydrogens is 231 g/mol. The maximum absolute atomic E-state index is 13.0. The lowest BCUT2D eigenvalue weighted by Gasteiger charge is -2.03. The van der Waals surface area contributed by atoms with Crippen LogP contribution < -0.4 is 0 Å². The van der Waals surface area contributed by atoms with E-state index in [2.05, 4.69) is 0 Å². The van der Waals surface area contributed by atoms with Crippen molar-refractivity contribution in [2.75, 3.05) is 0 Å². The van der Waals surface area contributed by atoms with Crippen LogP contribution in [0.4, 0.5) is 22.0 Å². The van der Waals surface area contributed by atoms with Gasteiger partial charge in [-0.25, -0.2) is 22.0 Å².